The van der Waals surface area contributed by atoms with Crippen LogP contribution in [0.5, 0.6) is 0 Å². The molecule has 2 unspecified atom stereocenters. The van der Waals surface area contributed by atoms with Gasteiger partial charge >= 0.3 is 0 Å². The summed E-state index contributed by atoms with van der Waals surface area (Å²) in [5, 5.41) is 3.58. The van der Waals surface area contributed by atoms with E-state index in [1.807, 2.05) is 48.2 Å². The Morgan fingerprint density at radius 2 is 1.94 bits per heavy atom. The number of likely N-dealkylation sites (tertiary alicyclic amines) is 2. The Kier molecular flexibility index (Phi) is 6.66. The smallest absolute Gasteiger partial charge is 0.231 e. The zero-order valence-electron chi connectivity index (χ0n) is 19.9. The van der Waals surface area contributed by atoms with Crippen molar-refractivity contribution in [3.8, 4) is 0 Å². The topological polar surface area (TPSA) is 65.5 Å². The number of fused-ring (bicyclic) bond motifs is 1. The third-order valence-corrected chi connectivity index (χ3v) is 8.18. The van der Waals surface area contributed by atoms with Gasteiger partial charge in [0.15, 0.2) is 5.13 Å². The van der Waals surface area contributed by atoms with E-state index in [0.717, 1.165) is 41.3 Å². The third kappa shape index (κ3) is 5.00. The number of amides is 2. The van der Waals surface area contributed by atoms with Crippen molar-refractivity contribution in [1.29, 1.82) is 0 Å². The van der Waals surface area contributed by atoms with Crippen molar-refractivity contribution in [2.24, 2.45) is 11.8 Å². The molecule has 2 atom stereocenters. The van der Waals surface area contributed by atoms with E-state index in [-0.39, 0.29) is 30.2 Å². The van der Waals surface area contributed by atoms with Crippen LogP contribution in [-0.4, -0.2) is 46.2 Å². The number of anilines is 1. The highest BCUT2D eigenvalue weighted by Crippen LogP contribution is 2.31. The highest BCUT2D eigenvalue weighted by molar-refractivity contribution is 7.22. The zero-order valence-corrected chi connectivity index (χ0v) is 20.7. The molecule has 178 valence electrons. The van der Waals surface area contributed by atoms with Crippen molar-refractivity contribution >= 4 is 38.5 Å². The summed E-state index contributed by atoms with van der Waals surface area (Å²) >= 11 is 1.51. The molecule has 2 saturated heterocycles. The number of benzene rings is 2. The maximum Gasteiger partial charge on any atom is 0.231 e. The molecule has 6 nitrogen and oxygen atoms in total. The summed E-state index contributed by atoms with van der Waals surface area (Å²) in [6, 6.07) is 16.3. The number of thiazole rings is 1. The van der Waals surface area contributed by atoms with Crippen molar-refractivity contribution in [3.63, 3.8) is 0 Å². The molecule has 3 aromatic rings. The number of carbonyl (C=O) groups excluding carboxylic acids is 2. The number of hydrogen-bond donors (Lipinski definition) is 1. The molecule has 2 aliphatic rings. The Morgan fingerprint density at radius 3 is 2.71 bits per heavy atom. The predicted molar refractivity (Wildman–Crippen MR) is 137 cm³/mol. The maximum absolute atomic E-state index is 13.0. The molecule has 7 heteroatoms. The Bertz CT molecular complexity index is 1170. The lowest BCUT2D eigenvalue weighted by molar-refractivity contribution is -0.129. The molecule has 2 aliphatic heterocycles. The molecule has 0 saturated carbocycles. The van der Waals surface area contributed by atoms with Crippen LogP contribution in [0.25, 0.3) is 10.2 Å². The van der Waals surface area contributed by atoms with Crippen LogP contribution in [0.3, 0.4) is 0 Å². The summed E-state index contributed by atoms with van der Waals surface area (Å²) in [5.74, 6) is 0.369. The molecular formula is C27H32N4O2S. The van der Waals surface area contributed by atoms with Gasteiger partial charge < -0.3 is 10.2 Å². The average Bonchev–Trinajstić information content (AvgIpc) is 3.43. The Balaban J connectivity index is 1.22. The minimum atomic E-state index is -0.359. The normalized spacial score (nSPS) is 20.7. The van der Waals surface area contributed by atoms with Crippen molar-refractivity contribution in [2.75, 3.05) is 25.0 Å². The number of carbonyl (C=O) groups is 2. The van der Waals surface area contributed by atoms with Crippen molar-refractivity contribution in [1.82, 2.24) is 14.8 Å². The predicted octanol–water partition coefficient (Wildman–Crippen LogP) is 5.08. The van der Waals surface area contributed by atoms with Crippen LogP contribution in [0.2, 0.25) is 0 Å². The Labute approximate surface area is 205 Å². The average molecular weight is 477 g/mol. The molecule has 0 radical (unpaired) electrons. The van der Waals surface area contributed by atoms with E-state index in [9.17, 15) is 9.59 Å². The van der Waals surface area contributed by atoms with E-state index in [1.165, 1.54) is 29.7 Å². The quantitative estimate of drug-likeness (QED) is 0.539. The fraction of sp³-hybridized carbons (Fsp3) is 0.444. The highest BCUT2D eigenvalue weighted by atomic mass is 32.1. The standard InChI is InChI=1S/C27H32N4O2S/c1-18-10-12-30(13-11-18)16-20-8-9-23-24(14-20)34-27(28-23)29-26(33)22-15-25(32)31(17-22)19(2)21-6-4-3-5-7-21/h3-9,14,18-19,22H,10-13,15-17H2,1-2H3,(H,28,29,33). The van der Waals surface area contributed by atoms with Gasteiger partial charge in [0.2, 0.25) is 11.8 Å². The second-order valence-corrected chi connectivity index (χ2v) is 10.8. The van der Waals surface area contributed by atoms with Crippen LogP contribution in [0, 0.1) is 11.8 Å². The summed E-state index contributed by atoms with van der Waals surface area (Å²) < 4.78 is 1.08. The van der Waals surface area contributed by atoms with Gasteiger partial charge in [0.25, 0.3) is 0 Å². The molecular weight excluding hydrogens is 444 g/mol. The van der Waals surface area contributed by atoms with Gasteiger partial charge in [-0.15, -0.1) is 0 Å². The van der Waals surface area contributed by atoms with Gasteiger partial charge in [-0.2, -0.15) is 0 Å². The molecule has 0 spiro atoms. The van der Waals surface area contributed by atoms with Crippen LogP contribution >= 0.6 is 11.3 Å². The lowest BCUT2D eigenvalue weighted by atomic mass is 9.99. The first-order chi connectivity index (χ1) is 16.5. The van der Waals surface area contributed by atoms with E-state index in [1.54, 1.807) is 0 Å². The molecule has 5 rings (SSSR count). The molecule has 3 heterocycles. The van der Waals surface area contributed by atoms with Gasteiger partial charge in [-0.25, -0.2) is 4.98 Å². The first-order valence-corrected chi connectivity index (χ1v) is 13.0. The van der Waals surface area contributed by atoms with E-state index < -0.39 is 0 Å². The largest absolute Gasteiger partial charge is 0.335 e. The summed E-state index contributed by atoms with van der Waals surface area (Å²) in [6.07, 6.45) is 2.78. The minimum absolute atomic E-state index is 0.0255. The van der Waals surface area contributed by atoms with E-state index in [0.29, 0.717) is 11.7 Å². The van der Waals surface area contributed by atoms with Crippen LogP contribution in [-0.2, 0) is 16.1 Å². The Morgan fingerprint density at radius 1 is 1.18 bits per heavy atom. The van der Waals surface area contributed by atoms with Crippen LogP contribution in [0.4, 0.5) is 5.13 Å². The van der Waals surface area contributed by atoms with E-state index in [2.05, 4.69) is 34.3 Å². The highest BCUT2D eigenvalue weighted by Gasteiger charge is 2.37. The summed E-state index contributed by atoms with van der Waals surface area (Å²) in [7, 11) is 0. The number of piperidine rings is 1. The molecule has 0 bridgehead atoms. The summed E-state index contributed by atoms with van der Waals surface area (Å²) in [5.41, 5.74) is 3.27. The molecule has 1 N–H and O–H groups in total. The molecule has 2 amide bonds. The van der Waals surface area contributed by atoms with Crippen LogP contribution < -0.4 is 5.32 Å². The molecule has 2 fully saturated rings. The monoisotopic (exact) mass is 476 g/mol. The second kappa shape index (κ2) is 9.84. The maximum atomic E-state index is 13.0. The zero-order chi connectivity index (χ0) is 23.7. The lowest BCUT2D eigenvalue weighted by Crippen LogP contribution is -2.32. The van der Waals surface area contributed by atoms with Gasteiger partial charge in [-0.3, -0.25) is 14.5 Å². The van der Waals surface area contributed by atoms with Gasteiger partial charge in [0, 0.05) is 19.5 Å². The third-order valence-electron chi connectivity index (χ3n) is 7.24. The first kappa shape index (κ1) is 23.0. The number of rotatable bonds is 6. The van der Waals surface area contributed by atoms with Gasteiger partial charge in [-0.1, -0.05) is 54.7 Å². The molecule has 2 aromatic carbocycles. The number of nitrogens with one attached hydrogen (secondary N) is 1. The SMILES string of the molecule is CC1CCN(Cc2ccc3nc(NC(=O)C4CC(=O)N(C(C)c5ccccc5)C4)sc3c2)CC1. The number of hydrogen-bond acceptors (Lipinski definition) is 5. The number of aromatic nitrogens is 1. The summed E-state index contributed by atoms with van der Waals surface area (Å²) in [6.45, 7) is 8.06. The second-order valence-electron chi connectivity index (χ2n) is 9.80. The van der Waals surface area contributed by atoms with Crippen molar-refractivity contribution < 1.29 is 9.59 Å². The van der Waals surface area contributed by atoms with Crippen LogP contribution in [0.15, 0.2) is 48.5 Å². The molecule has 0 aliphatic carbocycles. The summed E-state index contributed by atoms with van der Waals surface area (Å²) in [4.78, 5) is 34.6. The van der Waals surface area contributed by atoms with Crippen LogP contribution in [0.1, 0.15) is 50.3 Å². The lowest BCUT2D eigenvalue weighted by Gasteiger charge is -2.30. The van der Waals surface area contributed by atoms with Gasteiger partial charge in [0.1, 0.15) is 0 Å². The van der Waals surface area contributed by atoms with Crippen molar-refractivity contribution in [3.05, 3.63) is 59.7 Å². The fourth-order valence-corrected chi connectivity index (χ4v) is 5.93. The first-order valence-electron chi connectivity index (χ1n) is 12.2. The fourth-order valence-electron chi connectivity index (χ4n) is 5.00. The minimum Gasteiger partial charge on any atom is -0.335 e. The molecule has 1 aromatic heterocycles. The Hall–Kier alpha value is -2.77. The van der Waals surface area contributed by atoms with E-state index in [4.69, 9.17) is 0 Å². The number of nitrogens with zero attached hydrogens (tertiary/aromatic N) is 3. The molecule has 34 heavy (non-hydrogen) atoms. The van der Waals surface area contributed by atoms with E-state index >= 15 is 0 Å². The van der Waals surface area contributed by atoms with Gasteiger partial charge in [-0.05, 0) is 62.0 Å². The van der Waals surface area contributed by atoms with Crippen molar-refractivity contribution in [2.45, 2.75) is 45.7 Å². The van der Waals surface area contributed by atoms with Gasteiger partial charge in [0.05, 0.1) is 22.2 Å².